The first kappa shape index (κ1) is 12.6. The van der Waals surface area contributed by atoms with Gasteiger partial charge in [-0.3, -0.25) is 0 Å². The second-order valence-corrected chi connectivity index (χ2v) is 5.24. The molecule has 0 bridgehead atoms. The van der Waals surface area contributed by atoms with E-state index in [1.807, 2.05) is 18.2 Å². The Morgan fingerprint density at radius 2 is 1.90 bits per heavy atom. The van der Waals surface area contributed by atoms with Crippen LogP contribution in [-0.4, -0.2) is 6.04 Å². The van der Waals surface area contributed by atoms with Crippen molar-refractivity contribution in [1.82, 2.24) is 0 Å². The first-order chi connectivity index (χ1) is 9.72. The van der Waals surface area contributed by atoms with Crippen molar-refractivity contribution in [3.05, 3.63) is 53.6 Å². The van der Waals surface area contributed by atoms with Crippen LogP contribution in [0, 0.1) is 11.3 Å². The van der Waals surface area contributed by atoms with Crippen molar-refractivity contribution >= 4 is 17.1 Å². The smallest absolute Gasteiger partial charge is 0.101 e. The summed E-state index contributed by atoms with van der Waals surface area (Å²) in [6.07, 6.45) is 2.18. The van der Waals surface area contributed by atoms with E-state index in [2.05, 4.69) is 36.1 Å². The number of nitriles is 1. The van der Waals surface area contributed by atoms with Crippen LogP contribution < -0.4 is 10.6 Å². The average molecular weight is 263 g/mol. The molecule has 100 valence electrons. The van der Waals surface area contributed by atoms with Gasteiger partial charge >= 0.3 is 0 Å². The van der Waals surface area contributed by atoms with Crippen LogP contribution in [0.4, 0.5) is 17.1 Å². The van der Waals surface area contributed by atoms with Gasteiger partial charge in [-0.25, -0.2) is 0 Å². The third kappa shape index (κ3) is 1.90. The first-order valence-electron chi connectivity index (χ1n) is 6.88. The van der Waals surface area contributed by atoms with Gasteiger partial charge in [0.05, 0.1) is 16.9 Å². The van der Waals surface area contributed by atoms with Gasteiger partial charge in [0, 0.05) is 11.7 Å². The first-order valence-corrected chi connectivity index (χ1v) is 6.88. The quantitative estimate of drug-likeness (QED) is 0.799. The standard InChI is InChI=1S/C17H17N3/c1-12-9-10-13-5-2-3-7-15(13)20(12)16-8-4-6-14(11-18)17(16)19/h2-8,12H,9-10,19H2,1H3. The molecule has 0 fully saturated rings. The van der Waals surface area contributed by atoms with E-state index < -0.39 is 0 Å². The summed E-state index contributed by atoms with van der Waals surface area (Å²) >= 11 is 0. The number of anilines is 3. The van der Waals surface area contributed by atoms with Gasteiger partial charge in [-0.05, 0) is 43.5 Å². The van der Waals surface area contributed by atoms with Crippen molar-refractivity contribution in [3.8, 4) is 6.07 Å². The van der Waals surface area contributed by atoms with Gasteiger partial charge in [0.25, 0.3) is 0 Å². The highest BCUT2D eigenvalue weighted by molar-refractivity contribution is 5.81. The van der Waals surface area contributed by atoms with Gasteiger partial charge in [0.2, 0.25) is 0 Å². The Balaban J connectivity index is 2.17. The van der Waals surface area contributed by atoms with E-state index in [1.54, 1.807) is 6.07 Å². The predicted octanol–water partition coefficient (Wildman–Crippen LogP) is 3.61. The number of nitrogens with two attached hydrogens (primary N) is 1. The van der Waals surface area contributed by atoms with E-state index in [1.165, 1.54) is 11.3 Å². The van der Waals surface area contributed by atoms with Crippen LogP contribution in [0.2, 0.25) is 0 Å². The molecule has 3 nitrogen and oxygen atoms in total. The van der Waals surface area contributed by atoms with Crippen LogP contribution in [0.25, 0.3) is 0 Å². The zero-order valence-corrected chi connectivity index (χ0v) is 11.5. The molecule has 1 atom stereocenters. The second-order valence-electron chi connectivity index (χ2n) is 5.24. The molecule has 1 heterocycles. The van der Waals surface area contributed by atoms with Gasteiger partial charge in [-0.2, -0.15) is 5.26 Å². The monoisotopic (exact) mass is 263 g/mol. The fourth-order valence-electron chi connectivity index (χ4n) is 2.92. The molecule has 3 rings (SSSR count). The molecule has 0 spiro atoms. The lowest BCUT2D eigenvalue weighted by molar-refractivity contribution is 0.618. The molecule has 2 N–H and O–H groups in total. The SMILES string of the molecule is CC1CCc2ccccc2N1c1cccc(C#N)c1N. The van der Waals surface area contributed by atoms with Crippen LogP contribution in [0.1, 0.15) is 24.5 Å². The zero-order chi connectivity index (χ0) is 14.1. The topological polar surface area (TPSA) is 53.0 Å². The number of nitrogen functional groups attached to an aromatic ring is 1. The van der Waals surface area contributed by atoms with Crippen molar-refractivity contribution in [2.75, 3.05) is 10.6 Å². The van der Waals surface area contributed by atoms with Crippen LogP contribution in [0.3, 0.4) is 0 Å². The number of hydrogen-bond donors (Lipinski definition) is 1. The molecule has 20 heavy (non-hydrogen) atoms. The molecule has 1 aliphatic heterocycles. The molecule has 2 aromatic carbocycles. The van der Waals surface area contributed by atoms with Crippen LogP contribution in [0.15, 0.2) is 42.5 Å². The Bertz CT molecular complexity index is 685. The van der Waals surface area contributed by atoms with Crippen molar-refractivity contribution in [1.29, 1.82) is 5.26 Å². The predicted molar refractivity (Wildman–Crippen MR) is 81.9 cm³/mol. The van der Waals surface area contributed by atoms with E-state index in [0.29, 0.717) is 17.3 Å². The molecule has 0 amide bonds. The van der Waals surface area contributed by atoms with Gasteiger partial charge in [-0.15, -0.1) is 0 Å². The molecular formula is C17H17N3. The maximum absolute atomic E-state index is 9.15. The summed E-state index contributed by atoms with van der Waals surface area (Å²) in [5.41, 5.74) is 10.8. The molecule has 1 unspecified atom stereocenters. The van der Waals surface area contributed by atoms with E-state index in [-0.39, 0.29) is 0 Å². The lowest BCUT2D eigenvalue weighted by Crippen LogP contribution is -2.33. The highest BCUT2D eigenvalue weighted by Gasteiger charge is 2.25. The summed E-state index contributed by atoms with van der Waals surface area (Å²) in [5.74, 6) is 0. The third-order valence-electron chi connectivity index (χ3n) is 3.99. The molecule has 0 saturated heterocycles. The van der Waals surface area contributed by atoms with Crippen molar-refractivity contribution in [2.45, 2.75) is 25.8 Å². The summed E-state index contributed by atoms with van der Waals surface area (Å²) in [5, 5.41) is 9.15. The lowest BCUT2D eigenvalue weighted by atomic mass is 9.95. The average Bonchev–Trinajstić information content (AvgIpc) is 2.48. The number of rotatable bonds is 1. The normalized spacial score (nSPS) is 17.4. The minimum atomic E-state index is 0.376. The summed E-state index contributed by atoms with van der Waals surface area (Å²) in [4.78, 5) is 2.26. The van der Waals surface area contributed by atoms with Crippen molar-refractivity contribution < 1.29 is 0 Å². The Hall–Kier alpha value is -2.47. The number of hydrogen-bond acceptors (Lipinski definition) is 3. The van der Waals surface area contributed by atoms with Crippen molar-refractivity contribution in [2.24, 2.45) is 0 Å². The number of para-hydroxylation sites is 2. The molecule has 2 aromatic rings. The maximum atomic E-state index is 9.15. The molecule has 3 heteroatoms. The van der Waals surface area contributed by atoms with Crippen LogP contribution >= 0.6 is 0 Å². The van der Waals surface area contributed by atoms with Crippen molar-refractivity contribution in [3.63, 3.8) is 0 Å². The number of aryl methyl sites for hydroxylation is 1. The highest BCUT2D eigenvalue weighted by Crippen LogP contribution is 2.39. The molecule has 0 aliphatic carbocycles. The molecule has 0 radical (unpaired) electrons. The largest absolute Gasteiger partial charge is 0.396 e. The fourth-order valence-corrected chi connectivity index (χ4v) is 2.92. The zero-order valence-electron chi connectivity index (χ0n) is 11.5. The highest BCUT2D eigenvalue weighted by atomic mass is 15.2. The van der Waals surface area contributed by atoms with Gasteiger partial charge in [-0.1, -0.05) is 24.3 Å². The minimum absolute atomic E-state index is 0.376. The summed E-state index contributed by atoms with van der Waals surface area (Å²) in [7, 11) is 0. The van der Waals surface area contributed by atoms with Gasteiger partial charge < -0.3 is 10.6 Å². The number of benzene rings is 2. The third-order valence-corrected chi connectivity index (χ3v) is 3.99. The number of fused-ring (bicyclic) bond motifs is 1. The maximum Gasteiger partial charge on any atom is 0.101 e. The molecular weight excluding hydrogens is 246 g/mol. The Morgan fingerprint density at radius 1 is 1.15 bits per heavy atom. The van der Waals surface area contributed by atoms with E-state index in [9.17, 15) is 0 Å². The Labute approximate surface area is 119 Å². The Kier molecular flexibility index (Phi) is 3.08. The second kappa shape index (κ2) is 4.90. The summed E-state index contributed by atoms with van der Waals surface area (Å²) in [6.45, 7) is 2.20. The van der Waals surface area contributed by atoms with Gasteiger partial charge in [0.1, 0.15) is 6.07 Å². The number of nitrogens with zero attached hydrogens (tertiary/aromatic N) is 2. The minimum Gasteiger partial charge on any atom is -0.396 e. The molecule has 0 saturated carbocycles. The lowest BCUT2D eigenvalue weighted by Gasteiger charge is -2.37. The van der Waals surface area contributed by atoms with Crippen LogP contribution in [-0.2, 0) is 6.42 Å². The summed E-state index contributed by atoms with van der Waals surface area (Å²) in [6, 6.07) is 16.6. The van der Waals surface area contributed by atoms with E-state index in [4.69, 9.17) is 11.0 Å². The van der Waals surface area contributed by atoms with Gasteiger partial charge in [0.15, 0.2) is 0 Å². The Morgan fingerprint density at radius 3 is 2.70 bits per heavy atom. The fraction of sp³-hybridized carbons (Fsp3) is 0.235. The van der Waals surface area contributed by atoms with E-state index >= 15 is 0 Å². The molecule has 0 aromatic heterocycles. The summed E-state index contributed by atoms with van der Waals surface area (Å²) < 4.78 is 0. The molecule has 1 aliphatic rings. The van der Waals surface area contributed by atoms with E-state index in [0.717, 1.165) is 18.5 Å². The van der Waals surface area contributed by atoms with Crippen LogP contribution in [0.5, 0.6) is 0 Å².